The molecule has 2 heterocycles. The Morgan fingerprint density at radius 1 is 1.25 bits per heavy atom. The van der Waals surface area contributed by atoms with E-state index < -0.39 is 0 Å². The number of benzene rings is 1. The first-order chi connectivity index (χ1) is 11.5. The van der Waals surface area contributed by atoms with Crippen LogP contribution in [0.25, 0.3) is 10.6 Å². The smallest absolute Gasteiger partial charge is 0.206 e. The topological polar surface area (TPSA) is 92.6 Å². The molecule has 0 aliphatic rings. The molecule has 0 aliphatic heterocycles. The summed E-state index contributed by atoms with van der Waals surface area (Å²) in [5, 5.41) is 26.0. The Morgan fingerprint density at radius 3 is 2.54 bits per heavy atom. The van der Waals surface area contributed by atoms with Crippen molar-refractivity contribution in [1.29, 1.82) is 10.8 Å². The highest BCUT2D eigenvalue weighted by molar-refractivity contribution is 7.12. The van der Waals surface area contributed by atoms with Gasteiger partial charge in [-0.3, -0.25) is 15.5 Å². The molecule has 0 atom stereocenters. The SMILES string of the molecule is CCc1cc(C(=N)n2nc(-c3ccc(OC)cc3)sc2=N)n(C)n1. The maximum absolute atomic E-state index is 8.39. The number of hydrogen-bond donors (Lipinski definition) is 2. The van der Waals surface area contributed by atoms with Crippen molar-refractivity contribution in [3.63, 3.8) is 0 Å². The van der Waals surface area contributed by atoms with Gasteiger partial charge in [0.25, 0.3) is 0 Å². The number of hydrogen-bond acceptors (Lipinski definition) is 6. The maximum Gasteiger partial charge on any atom is 0.206 e. The van der Waals surface area contributed by atoms with Crippen LogP contribution in [0.5, 0.6) is 5.75 Å². The van der Waals surface area contributed by atoms with Crippen LogP contribution in [0.1, 0.15) is 18.3 Å². The normalized spacial score (nSPS) is 10.8. The molecule has 7 nitrogen and oxygen atoms in total. The highest BCUT2D eigenvalue weighted by Crippen LogP contribution is 2.22. The van der Waals surface area contributed by atoms with E-state index in [1.165, 1.54) is 16.0 Å². The summed E-state index contributed by atoms with van der Waals surface area (Å²) in [6.45, 7) is 2.02. The molecule has 0 radical (unpaired) electrons. The van der Waals surface area contributed by atoms with E-state index in [0.29, 0.717) is 10.7 Å². The number of nitrogens with zero attached hydrogens (tertiary/aromatic N) is 4. The molecule has 1 aromatic carbocycles. The molecule has 3 aromatic rings. The Bertz CT molecular complexity index is 934. The van der Waals surface area contributed by atoms with Crippen LogP contribution >= 0.6 is 11.3 Å². The molecule has 0 saturated heterocycles. The Morgan fingerprint density at radius 2 is 1.96 bits per heavy atom. The average molecular weight is 342 g/mol. The highest BCUT2D eigenvalue weighted by Gasteiger charge is 2.15. The summed E-state index contributed by atoms with van der Waals surface area (Å²) >= 11 is 1.23. The highest BCUT2D eigenvalue weighted by atomic mass is 32.1. The lowest BCUT2D eigenvalue weighted by Crippen LogP contribution is -2.26. The molecule has 2 aromatic heterocycles. The quantitative estimate of drug-likeness (QED) is 0.563. The lowest BCUT2D eigenvalue weighted by atomic mass is 10.2. The molecule has 2 N–H and O–H groups in total. The molecule has 8 heteroatoms. The van der Waals surface area contributed by atoms with Crippen molar-refractivity contribution in [3.8, 4) is 16.3 Å². The van der Waals surface area contributed by atoms with Gasteiger partial charge in [0.15, 0.2) is 5.84 Å². The van der Waals surface area contributed by atoms with Crippen LogP contribution in [0.3, 0.4) is 0 Å². The van der Waals surface area contributed by atoms with Crippen molar-refractivity contribution < 1.29 is 4.74 Å². The van der Waals surface area contributed by atoms with Gasteiger partial charge in [-0.05, 0) is 36.8 Å². The first-order valence-electron chi connectivity index (χ1n) is 7.45. The van der Waals surface area contributed by atoms with Crippen LogP contribution in [-0.4, -0.2) is 32.5 Å². The predicted molar refractivity (Wildman–Crippen MR) is 92.8 cm³/mol. The zero-order valence-corrected chi connectivity index (χ0v) is 14.5. The number of ether oxygens (including phenoxy) is 1. The van der Waals surface area contributed by atoms with Crippen LogP contribution in [0.15, 0.2) is 30.3 Å². The summed E-state index contributed by atoms with van der Waals surface area (Å²) in [6, 6.07) is 9.35. The van der Waals surface area contributed by atoms with Crippen LogP contribution in [-0.2, 0) is 13.5 Å². The standard InChI is InChI=1S/C16H18N6OS/c1-4-11-9-13(21(2)19-11)14(17)22-16(18)24-15(20-22)10-5-7-12(23-3)8-6-10/h5-9,17-18H,4H2,1-3H3. The van der Waals surface area contributed by atoms with Crippen molar-refractivity contribution in [2.24, 2.45) is 7.05 Å². The van der Waals surface area contributed by atoms with Crippen molar-refractivity contribution >= 4 is 17.2 Å². The van der Waals surface area contributed by atoms with E-state index in [9.17, 15) is 0 Å². The molecular weight excluding hydrogens is 324 g/mol. The summed E-state index contributed by atoms with van der Waals surface area (Å²) in [5.41, 5.74) is 2.44. The Hall–Kier alpha value is -2.74. The summed E-state index contributed by atoms with van der Waals surface area (Å²) in [6.07, 6.45) is 0.799. The number of methoxy groups -OCH3 is 1. The maximum atomic E-state index is 8.39. The lowest BCUT2D eigenvalue weighted by Gasteiger charge is -2.03. The monoisotopic (exact) mass is 342 g/mol. The largest absolute Gasteiger partial charge is 0.497 e. The summed E-state index contributed by atoms with van der Waals surface area (Å²) in [5.74, 6) is 0.912. The second-order valence-corrected chi connectivity index (χ2v) is 6.18. The minimum Gasteiger partial charge on any atom is -0.497 e. The van der Waals surface area contributed by atoms with Gasteiger partial charge >= 0.3 is 0 Å². The number of rotatable bonds is 4. The van der Waals surface area contributed by atoms with Crippen LogP contribution < -0.4 is 9.54 Å². The summed E-state index contributed by atoms with van der Waals surface area (Å²) in [4.78, 5) is 0.199. The van der Waals surface area contributed by atoms with Gasteiger partial charge in [0, 0.05) is 12.6 Å². The molecule has 0 amide bonds. The van der Waals surface area contributed by atoms with E-state index in [-0.39, 0.29) is 10.6 Å². The zero-order chi connectivity index (χ0) is 17.3. The number of nitrogens with one attached hydrogen (secondary N) is 2. The number of aryl methyl sites for hydroxylation is 2. The Balaban J connectivity index is 1.97. The molecule has 124 valence electrons. The predicted octanol–water partition coefficient (Wildman–Crippen LogP) is 2.27. The second-order valence-electron chi connectivity index (χ2n) is 5.20. The molecule has 0 bridgehead atoms. The first-order valence-corrected chi connectivity index (χ1v) is 8.26. The third kappa shape index (κ3) is 2.88. The fourth-order valence-electron chi connectivity index (χ4n) is 2.32. The van der Waals surface area contributed by atoms with Gasteiger partial charge in [-0.25, -0.2) is 0 Å². The molecular formula is C16H18N6OS. The van der Waals surface area contributed by atoms with Crippen molar-refractivity contribution in [3.05, 3.63) is 46.5 Å². The Kier molecular flexibility index (Phi) is 4.30. The van der Waals surface area contributed by atoms with E-state index in [2.05, 4.69) is 10.2 Å². The van der Waals surface area contributed by atoms with Crippen LogP contribution in [0.4, 0.5) is 0 Å². The van der Waals surface area contributed by atoms with Gasteiger partial charge in [0.1, 0.15) is 16.5 Å². The lowest BCUT2D eigenvalue weighted by molar-refractivity contribution is 0.415. The van der Waals surface area contributed by atoms with Crippen molar-refractivity contribution in [1.82, 2.24) is 19.6 Å². The molecule has 0 saturated carbocycles. The van der Waals surface area contributed by atoms with Gasteiger partial charge < -0.3 is 4.74 Å². The van der Waals surface area contributed by atoms with E-state index in [0.717, 1.165) is 23.4 Å². The minimum atomic E-state index is 0.144. The van der Waals surface area contributed by atoms with E-state index in [4.69, 9.17) is 15.6 Å². The molecule has 3 rings (SSSR count). The van der Waals surface area contributed by atoms with Crippen LogP contribution in [0, 0.1) is 10.8 Å². The minimum absolute atomic E-state index is 0.144. The van der Waals surface area contributed by atoms with Gasteiger partial charge in [-0.2, -0.15) is 14.9 Å². The second kappa shape index (κ2) is 6.40. The summed E-state index contributed by atoms with van der Waals surface area (Å²) in [7, 11) is 3.41. The Labute approximate surface area is 143 Å². The van der Waals surface area contributed by atoms with E-state index >= 15 is 0 Å². The first kappa shape index (κ1) is 16.1. The third-order valence-corrected chi connectivity index (χ3v) is 4.54. The molecule has 0 spiro atoms. The van der Waals surface area contributed by atoms with Gasteiger partial charge in [-0.15, -0.1) is 0 Å². The third-order valence-electron chi connectivity index (χ3n) is 3.66. The summed E-state index contributed by atoms with van der Waals surface area (Å²) < 4.78 is 8.14. The fraction of sp³-hybridized carbons (Fsp3) is 0.250. The fourth-order valence-corrected chi connectivity index (χ4v) is 3.10. The molecule has 0 aliphatic carbocycles. The average Bonchev–Trinajstić information content (AvgIpc) is 3.17. The zero-order valence-electron chi connectivity index (χ0n) is 13.7. The van der Waals surface area contributed by atoms with Crippen molar-refractivity contribution in [2.45, 2.75) is 13.3 Å². The van der Waals surface area contributed by atoms with Gasteiger partial charge in [-0.1, -0.05) is 18.3 Å². The van der Waals surface area contributed by atoms with E-state index in [1.807, 2.05) is 37.3 Å². The van der Waals surface area contributed by atoms with Gasteiger partial charge in [0.05, 0.1) is 12.8 Å². The number of aromatic nitrogens is 4. The van der Waals surface area contributed by atoms with Crippen molar-refractivity contribution in [2.75, 3.05) is 7.11 Å². The molecule has 0 unspecified atom stereocenters. The van der Waals surface area contributed by atoms with E-state index in [1.54, 1.807) is 18.8 Å². The van der Waals surface area contributed by atoms with Gasteiger partial charge in [0.2, 0.25) is 4.80 Å². The molecule has 0 fully saturated rings. The van der Waals surface area contributed by atoms with Crippen LogP contribution in [0.2, 0.25) is 0 Å². The molecule has 24 heavy (non-hydrogen) atoms.